The third-order valence-electron chi connectivity index (χ3n) is 5.44. The highest BCUT2D eigenvalue weighted by atomic mass is 32.1. The maximum Gasteiger partial charge on any atom is 0.174 e. The van der Waals surface area contributed by atoms with E-state index in [2.05, 4.69) is 60.5 Å². The summed E-state index contributed by atoms with van der Waals surface area (Å²) in [5.41, 5.74) is 5.70. The number of anilines is 1. The quantitative estimate of drug-likeness (QED) is 0.396. The minimum Gasteiger partial charge on any atom is -0.497 e. The van der Waals surface area contributed by atoms with E-state index >= 15 is 0 Å². The molecule has 0 aliphatic heterocycles. The SMILES string of the molecule is COc1ccc(CN(Cc2ccc(C(C)C)cc2)C(=S)Nc2ccc(C)cc2OC)cc1. The fraction of sp³-hybridized carbons (Fsp3) is 0.296. The highest BCUT2D eigenvalue weighted by Gasteiger charge is 2.14. The number of aryl methyl sites for hydroxylation is 1. The summed E-state index contributed by atoms with van der Waals surface area (Å²) < 4.78 is 10.8. The molecule has 32 heavy (non-hydrogen) atoms. The van der Waals surface area contributed by atoms with Crippen LogP contribution in [0.25, 0.3) is 0 Å². The van der Waals surface area contributed by atoms with E-state index in [1.54, 1.807) is 14.2 Å². The highest BCUT2D eigenvalue weighted by molar-refractivity contribution is 7.80. The van der Waals surface area contributed by atoms with E-state index < -0.39 is 0 Å². The van der Waals surface area contributed by atoms with Crippen LogP contribution in [0.4, 0.5) is 5.69 Å². The largest absolute Gasteiger partial charge is 0.497 e. The molecule has 0 bridgehead atoms. The molecule has 0 atom stereocenters. The zero-order chi connectivity index (χ0) is 23.1. The zero-order valence-corrected chi connectivity index (χ0v) is 20.3. The van der Waals surface area contributed by atoms with Gasteiger partial charge in [-0.3, -0.25) is 0 Å². The minimum absolute atomic E-state index is 0.510. The molecule has 0 aliphatic carbocycles. The Morgan fingerprint density at radius 2 is 1.47 bits per heavy atom. The van der Waals surface area contributed by atoms with E-state index in [1.807, 2.05) is 37.3 Å². The lowest BCUT2D eigenvalue weighted by Crippen LogP contribution is -2.34. The summed E-state index contributed by atoms with van der Waals surface area (Å²) in [4.78, 5) is 2.17. The van der Waals surface area contributed by atoms with Gasteiger partial charge in [-0.2, -0.15) is 0 Å². The molecule has 5 heteroatoms. The first-order chi connectivity index (χ1) is 15.4. The summed E-state index contributed by atoms with van der Waals surface area (Å²) in [6.07, 6.45) is 0. The normalized spacial score (nSPS) is 10.7. The van der Waals surface area contributed by atoms with E-state index in [1.165, 1.54) is 11.1 Å². The molecular weight excluding hydrogens is 416 g/mol. The molecule has 3 aromatic rings. The summed E-state index contributed by atoms with van der Waals surface area (Å²) >= 11 is 5.85. The lowest BCUT2D eigenvalue weighted by Gasteiger charge is -2.27. The number of rotatable bonds is 8. The van der Waals surface area contributed by atoms with Gasteiger partial charge in [-0.05, 0) is 71.6 Å². The summed E-state index contributed by atoms with van der Waals surface area (Å²) in [6, 6.07) is 22.9. The van der Waals surface area contributed by atoms with Crippen LogP contribution in [0.1, 0.15) is 42.0 Å². The molecule has 0 heterocycles. The van der Waals surface area contributed by atoms with Crippen molar-refractivity contribution in [1.82, 2.24) is 4.90 Å². The van der Waals surface area contributed by atoms with Gasteiger partial charge in [0, 0.05) is 13.1 Å². The fourth-order valence-corrected chi connectivity index (χ4v) is 3.71. The van der Waals surface area contributed by atoms with E-state index in [-0.39, 0.29) is 0 Å². The minimum atomic E-state index is 0.510. The van der Waals surface area contributed by atoms with Gasteiger partial charge in [-0.1, -0.05) is 56.3 Å². The third kappa shape index (κ3) is 6.24. The van der Waals surface area contributed by atoms with Gasteiger partial charge in [0.05, 0.1) is 19.9 Å². The van der Waals surface area contributed by atoms with Gasteiger partial charge >= 0.3 is 0 Å². The van der Waals surface area contributed by atoms with Crippen LogP contribution in [-0.4, -0.2) is 24.2 Å². The highest BCUT2D eigenvalue weighted by Crippen LogP contribution is 2.26. The topological polar surface area (TPSA) is 33.7 Å². The number of nitrogens with one attached hydrogen (secondary N) is 1. The second-order valence-corrected chi connectivity index (χ2v) is 8.62. The van der Waals surface area contributed by atoms with Gasteiger partial charge in [-0.25, -0.2) is 0 Å². The van der Waals surface area contributed by atoms with Crippen molar-refractivity contribution >= 4 is 23.0 Å². The molecule has 0 spiro atoms. The van der Waals surface area contributed by atoms with Crippen LogP contribution in [0.15, 0.2) is 66.7 Å². The van der Waals surface area contributed by atoms with Crippen LogP contribution >= 0.6 is 12.2 Å². The van der Waals surface area contributed by atoms with Crippen molar-refractivity contribution in [1.29, 1.82) is 0 Å². The molecular formula is C27H32N2O2S. The second kappa shape index (κ2) is 11.0. The van der Waals surface area contributed by atoms with E-state index in [0.29, 0.717) is 24.1 Å². The van der Waals surface area contributed by atoms with Crippen molar-refractivity contribution in [2.24, 2.45) is 0 Å². The Morgan fingerprint density at radius 3 is 2.00 bits per heavy atom. The summed E-state index contributed by atoms with van der Waals surface area (Å²) in [7, 11) is 3.35. The monoisotopic (exact) mass is 448 g/mol. The molecule has 0 amide bonds. The van der Waals surface area contributed by atoms with E-state index in [9.17, 15) is 0 Å². The molecule has 0 fully saturated rings. The summed E-state index contributed by atoms with van der Waals surface area (Å²) in [5, 5.41) is 4.04. The molecule has 0 radical (unpaired) electrons. The predicted molar refractivity (Wildman–Crippen MR) is 137 cm³/mol. The number of hydrogen-bond donors (Lipinski definition) is 1. The van der Waals surface area contributed by atoms with Gasteiger partial charge in [0.1, 0.15) is 11.5 Å². The maximum absolute atomic E-state index is 5.85. The fourth-order valence-electron chi connectivity index (χ4n) is 3.48. The molecule has 3 rings (SSSR count). The predicted octanol–water partition coefficient (Wildman–Crippen LogP) is 6.53. The molecule has 168 valence electrons. The van der Waals surface area contributed by atoms with Gasteiger partial charge in [0.25, 0.3) is 0 Å². The zero-order valence-electron chi connectivity index (χ0n) is 19.5. The first-order valence-electron chi connectivity index (χ1n) is 10.8. The Hall–Kier alpha value is -3.05. The number of nitrogens with zero attached hydrogens (tertiary/aromatic N) is 1. The standard InChI is InChI=1S/C27H32N2O2S/c1-19(2)23-11-7-21(8-12-23)17-29(18-22-9-13-24(30-4)14-10-22)27(32)28-25-15-6-20(3)16-26(25)31-5/h6-16,19H,17-18H2,1-5H3,(H,28,32). The van der Waals surface area contributed by atoms with Crippen molar-refractivity contribution in [3.05, 3.63) is 89.0 Å². The van der Waals surface area contributed by atoms with Crippen LogP contribution in [0.5, 0.6) is 11.5 Å². The van der Waals surface area contributed by atoms with Crippen molar-refractivity contribution in [3.8, 4) is 11.5 Å². The average molecular weight is 449 g/mol. The molecule has 4 nitrogen and oxygen atoms in total. The van der Waals surface area contributed by atoms with Crippen LogP contribution in [0, 0.1) is 6.92 Å². The van der Waals surface area contributed by atoms with Crippen molar-refractivity contribution < 1.29 is 9.47 Å². The average Bonchev–Trinajstić information content (AvgIpc) is 2.80. The summed E-state index contributed by atoms with van der Waals surface area (Å²) in [6.45, 7) is 7.83. The number of hydrogen-bond acceptors (Lipinski definition) is 3. The molecule has 0 aromatic heterocycles. The van der Waals surface area contributed by atoms with Gasteiger partial charge in [0.2, 0.25) is 0 Å². The molecule has 3 aromatic carbocycles. The Labute approximate surface area is 197 Å². The smallest absolute Gasteiger partial charge is 0.174 e. The number of benzene rings is 3. The number of thiocarbonyl (C=S) groups is 1. The van der Waals surface area contributed by atoms with Gasteiger partial charge < -0.3 is 19.7 Å². The van der Waals surface area contributed by atoms with Crippen molar-refractivity contribution in [2.45, 2.75) is 39.8 Å². The summed E-state index contributed by atoms with van der Waals surface area (Å²) in [5.74, 6) is 2.13. The van der Waals surface area contributed by atoms with E-state index in [0.717, 1.165) is 28.3 Å². The van der Waals surface area contributed by atoms with Crippen LogP contribution in [0.3, 0.4) is 0 Å². The first kappa shape index (κ1) is 23.6. The van der Waals surface area contributed by atoms with Crippen LogP contribution in [0.2, 0.25) is 0 Å². The van der Waals surface area contributed by atoms with Crippen molar-refractivity contribution in [2.75, 3.05) is 19.5 Å². The Balaban J connectivity index is 1.83. The lowest BCUT2D eigenvalue weighted by atomic mass is 10.0. The van der Waals surface area contributed by atoms with Crippen LogP contribution in [-0.2, 0) is 13.1 Å². The maximum atomic E-state index is 5.85. The molecule has 0 saturated heterocycles. The molecule has 0 aliphatic rings. The van der Waals surface area contributed by atoms with Gasteiger partial charge in [0.15, 0.2) is 5.11 Å². The van der Waals surface area contributed by atoms with E-state index in [4.69, 9.17) is 21.7 Å². The Morgan fingerprint density at radius 1 is 0.875 bits per heavy atom. The second-order valence-electron chi connectivity index (χ2n) is 8.23. The molecule has 0 saturated carbocycles. The Kier molecular flexibility index (Phi) is 8.12. The van der Waals surface area contributed by atoms with Crippen molar-refractivity contribution in [3.63, 3.8) is 0 Å². The Bertz CT molecular complexity index is 1030. The molecule has 0 unspecified atom stereocenters. The third-order valence-corrected chi connectivity index (χ3v) is 5.80. The van der Waals surface area contributed by atoms with Gasteiger partial charge in [-0.15, -0.1) is 0 Å². The lowest BCUT2D eigenvalue weighted by molar-refractivity contribution is 0.405. The first-order valence-corrected chi connectivity index (χ1v) is 11.2. The number of methoxy groups -OCH3 is 2. The number of ether oxygens (including phenoxy) is 2. The molecule has 1 N–H and O–H groups in total. The van der Waals surface area contributed by atoms with Crippen LogP contribution < -0.4 is 14.8 Å².